The van der Waals surface area contributed by atoms with Crippen LogP contribution in [0.25, 0.3) is 0 Å². The van der Waals surface area contributed by atoms with E-state index in [9.17, 15) is 4.79 Å². The minimum atomic E-state index is 0.0122. The van der Waals surface area contributed by atoms with E-state index in [4.69, 9.17) is 4.98 Å². The number of amides is 1. The molecule has 0 radical (unpaired) electrons. The van der Waals surface area contributed by atoms with Crippen LogP contribution in [0.3, 0.4) is 0 Å². The third-order valence-corrected chi connectivity index (χ3v) is 4.66. The summed E-state index contributed by atoms with van der Waals surface area (Å²) >= 11 is 0. The number of hydrogen-bond donors (Lipinski definition) is 3. The van der Waals surface area contributed by atoms with Gasteiger partial charge in [-0.3, -0.25) is 15.0 Å². The number of anilines is 2. The zero-order valence-electron chi connectivity index (χ0n) is 14.6. The van der Waals surface area contributed by atoms with Gasteiger partial charge < -0.3 is 10.2 Å². The number of nitrogens with zero attached hydrogens (tertiary/aromatic N) is 4. The average Bonchev–Trinajstić information content (AvgIpc) is 3.34. The van der Waals surface area contributed by atoms with Crippen LogP contribution in [0.1, 0.15) is 40.6 Å². The highest BCUT2D eigenvalue weighted by atomic mass is 16.2. The third kappa shape index (κ3) is 3.44. The molecule has 1 amide bonds. The topological polar surface area (TPSA) is 103 Å². The first-order valence-corrected chi connectivity index (χ1v) is 8.73. The van der Waals surface area contributed by atoms with Crippen molar-refractivity contribution < 1.29 is 4.79 Å². The Morgan fingerprint density at radius 3 is 2.73 bits per heavy atom. The number of H-pyrrole nitrogens is 2. The summed E-state index contributed by atoms with van der Waals surface area (Å²) in [5.41, 5.74) is 2.59. The van der Waals surface area contributed by atoms with Gasteiger partial charge in [-0.1, -0.05) is 6.07 Å². The Morgan fingerprint density at radius 2 is 2.04 bits per heavy atom. The molecule has 4 rings (SSSR count). The number of aromatic nitrogens is 5. The van der Waals surface area contributed by atoms with E-state index < -0.39 is 0 Å². The molecule has 26 heavy (non-hydrogen) atoms. The molecule has 1 aliphatic rings. The van der Waals surface area contributed by atoms with E-state index in [1.165, 1.54) is 0 Å². The minimum Gasteiger partial charge on any atom is -0.337 e. The zero-order chi connectivity index (χ0) is 17.9. The lowest BCUT2D eigenvalue weighted by molar-refractivity contribution is 0.0706. The number of carbonyl (C=O) groups is 1. The molecule has 1 fully saturated rings. The molecule has 0 aromatic carbocycles. The van der Waals surface area contributed by atoms with E-state index in [0.29, 0.717) is 11.6 Å². The van der Waals surface area contributed by atoms with Crippen LogP contribution < -0.4 is 5.32 Å². The van der Waals surface area contributed by atoms with E-state index in [1.807, 2.05) is 30.0 Å². The summed E-state index contributed by atoms with van der Waals surface area (Å²) in [4.78, 5) is 19.0. The van der Waals surface area contributed by atoms with Crippen molar-refractivity contribution in [2.45, 2.75) is 25.7 Å². The molecule has 3 N–H and O–H groups in total. The summed E-state index contributed by atoms with van der Waals surface area (Å²) in [5, 5.41) is 16.9. The maximum Gasteiger partial charge on any atom is 0.271 e. The largest absolute Gasteiger partial charge is 0.337 e. The minimum absolute atomic E-state index is 0.0122. The Balaban J connectivity index is 1.40. The fourth-order valence-corrected chi connectivity index (χ4v) is 3.29. The van der Waals surface area contributed by atoms with Crippen LogP contribution in [0.4, 0.5) is 11.6 Å². The van der Waals surface area contributed by atoms with Crippen molar-refractivity contribution in [1.29, 1.82) is 0 Å². The number of aromatic amines is 2. The van der Waals surface area contributed by atoms with Crippen molar-refractivity contribution in [2.75, 3.05) is 18.4 Å². The van der Waals surface area contributed by atoms with E-state index in [2.05, 4.69) is 31.8 Å². The highest BCUT2D eigenvalue weighted by molar-refractivity contribution is 5.92. The molecular formula is C18H21N7O. The lowest BCUT2D eigenvalue weighted by atomic mass is 9.93. The Labute approximate surface area is 151 Å². The van der Waals surface area contributed by atoms with Gasteiger partial charge >= 0.3 is 0 Å². The molecule has 8 nitrogen and oxygen atoms in total. The molecule has 134 valence electrons. The molecule has 3 aromatic heterocycles. The van der Waals surface area contributed by atoms with Gasteiger partial charge in [0.25, 0.3) is 5.91 Å². The van der Waals surface area contributed by atoms with E-state index in [0.717, 1.165) is 49.0 Å². The van der Waals surface area contributed by atoms with Gasteiger partial charge in [0, 0.05) is 42.7 Å². The number of hydrogen-bond acceptors (Lipinski definition) is 5. The molecular weight excluding hydrogens is 330 g/mol. The molecule has 0 saturated carbocycles. The molecule has 4 heterocycles. The van der Waals surface area contributed by atoms with Crippen molar-refractivity contribution in [2.24, 2.45) is 0 Å². The van der Waals surface area contributed by atoms with Crippen LogP contribution in [-0.4, -0.2) is 49.3 Å². The molecule has 8 heteroatoms. The Kier molecular flexibility index (Phi) is 4.39. The molecule has 0 spiro atoms. The summed E-state index contributed by atoms with van der Waals surface area (Å²) in [6, 6.07) is 9.64. The fraction of sp³-hybridized carbons (Fsp3) is 0.333. The van der Waals surface area contributed by atoms with Gasteiger partial charge in [-0.05, 0) is 38.0 Å². The fourth-order valence-electron chi connectivity index (χ4n) is 3.29. The lowest BCUT2D eigenvalue weighted by Gasteiger charge is -2.31. The van der Waals surface area contributed by atoms with Gasteiger partial charge in [0.05, 0.1) is 0 Å². The van der Waals surface area contributed by atoms with Gasteiger partial charge in [0.15, 0.2) is 5.82 Å². The number of piperidine rings is 1. The monoisotopic (exact) mass is 351 g/mol. The highest BCUT2D eigenvalue weighted by Crippen LogP contribution is 2.28. The maximum atomic E-state index is 12.4. The smallest absolute Gasteiger partial charge is 0.271 e. The number of pyridine rings is 1. The van der Waals surface area contributed by atoms with E-state index >= 15 is 0 Å². The molecule has 0 unspecified atom stereocenters. The van der Waals surface area contributed by atoms with Crippen molar-refractivity contribution in [3.05, 3.63) is 53.6 Å². The molecule has 0 atom stereocenters. The highest BCUT2D eigenvalue weighted by Gasteiger charge is 2.26. The van der Waals surface area contributed by atoms with Gasteiger partial charge in [-0.2, -0.15) is 10.2 Å². The number of likely N-dealkylation sites (tertiary alicyclic amines) is 1. The Bertz CT molecular complexity index is 879. The van der Waals surface area contributed by atoms with Crippen molar-refractivity contribution in [3.63, 3.8) is 0 Å². The van der Waals surface area contributed by atoms with Crippen LogP contribution in [0.5, 0.6) is 0 Å². The maximum absolute atomic E-state index is 12.4. The standard InChI is InChI=1S/C18H21N7O/c1-12-11-17(24-22-12)21-16-4-2-3-14(20-16)13-6-9-25(10-7-13)18(26)15-5-8-19-23-15/h2-5,8,11,13H,6-7,9-10H2,1H3,(H,19,23)(H2,20,21,22,24). The summed E-state index contributed by atoms with van der Waals surface area (Å²) in [7, 11) is 0. The summed E-state index contributed by atoms with van der Waals surface area (Å²) in [5.74, 6) is 1.90. The number of aryl methyl sites for hydroxylation is 1. The van der Waals surface area contributed by atoms with Gasteiger partial charge in [0.1, 0.15) is 11.5 Å². The molecule has 3 aromatic rings. The second kappa shape index (κ2) is 6.99. The first kappa shape index (κ1) is 16.3. The van der Waals surface area contributed by atoms with Gasteiger partial charge in [-0.25, -0.2) is 4.98 Å². The first-order valence-electron chi connectivity index (χ1n) is 8.73. The second-order valence-electron chi connectivity index (χ2n) is 6.55. The summed E-state index contributed by atoms with van der Waals surface area (Å²) in [6.45, 7) is 3.40. The van der Waals surface area contributed by atoms with Crippen LogP contribution in [0.2, 0.25) is 0 Å². The average molecular weight is 351 g/mol. The van der Waals surface area contributed by atoms with Crippen LogP contribution >= 0.6 is 0 Å². The number of carbonyl (C=O) groups excluding carboxylic acids is 1. The summed E-state index contributed by atoms with van der Waals surface area (Å²) in [6.07, 6.45) is 3.40. The number of nitrogens with one attached hydrogen (secondary N) is 3. The predicted molar refractivity (Wildman–Crippen MR) is 97.3 cm³/mol. The summed E-state index contributed by atoms with van der Waals surface area (Å²) < 4.78 is 0. The Morgan fingerprint density at radius 1 is 1.19 bits per heavy atom. The van der Waals surface area contributed by atoms with Crippen molar-refractivity contribution in [1.82, 2.24) is 30.3 Å². The first-order chi connectivity index (χ1) is 12.7. The van der Waals surface area contributed by atoms with E-state index in [-0.39, 0.29) is 5.91 Å². The van der Waals surface area contributed by atoms with Crippen LogP contribution in [0, 0.1) is 6.92 Å². The van der Waals surface area contributed by atoms with Crippen molar-refractivity contribution >= 4 is 17.5 Å². The van der Waals surface area contributed by atoms with Gasteiger partial charge in [-0.15, -0.1) is 0 Å². The normalized spacial score (nSPS) is 15.2. The molecule has 0 bridgehead atoms. The molecule has 1 aliphatic heterocycles. The van der Waals surface area contributed by atoms with Crippen LogP contribution in [0.15, 0.2) is 36.5 Å². The third-order valence-electron chi connectivity index (χ3n) is 4.66. The lowest BCUT2D eigenvalue weighted by Crippen LogP contribution is -2.38. The Hall–Kier alpha value is -3.16. The van der Waals surface area contributed by atoms with E-state index in [1.54, 1.807) is 12.3 Å². The zero-order valence-corrected chi connectivity index (χ0v) is 14.6. The second-order valence-corrected chi connectivity index (χ2v) is 6.55. The predicted octanol–water partition coefficient (Wildman–Crippen LogP) is 2.60. The van der Waals surface area contributed by atoms with Crippen molar-refractivity contribution in [3.8, 4) is 0 Å². The molecule has 1 saturated heterocycles. The quantitative estimate of drug-likeness (QED) is 0.670. The molecule has 0 aliphatic carbocycles. The SMILES string of the molecule is Cc1cc(Nc2cccc(C3CCN(C(=O)c4ccn[nH]4)CC3)n2)n[nH]1. The van der Waals surface area contributed by atoms with Crippen LogP contribution in [-0.2, 0) is 0 Å². The number of rotatable bonds is 4. The van der Waals surface area contributed by atoms with Gasteiger partial charge in [0.2, 0.25) is 0 Å².